The predicted octanol–water partition coefficient (Wildman–Crippen LogP) is 1.30. The highest BCUT2D eigenvalue weighted by atomic mass is 19.1. The van der Waals surface area contributed by atoms with Gasteiger partial charge in [0, 0.05) is 19.6 Å². The molecule has 1 aromatic heterocycles. The van der Waals surface area contributed by atoms with Gasteiger partial charge in [-0.2, -0.15) is 5.26 Å². The molecule has 1 aliphatic heterocycles. The molecule has 0 bridgehead atoms. The number of nitrogens with zero attached hydrogens (tertiary/aromatic N) is 5. The summed E-state index contributed by atoms with van der Waals surface area (Å²) in [6.07, 6.45) is 1.72. The standard InChI is InChI=1S/C13H12FN5/c14-12-2-1-10(6-15)11(5-12)7-18-3-4-19-9-16-17-13(19)8-18/h1-2,5,9H,3-4,7-8H2. The molecule has 1 aliphatic rings. The van der Waals surface area contributed by atoms with Crippen molar-refractivity contribution in [3.63, 3.8) is 0 Å². The van der Waals surface area contributed by atoms with E-state index in [1.54, 1.807) is 6.33 Å². The van der Waals surface area contributed by atoms with Gasteiger partial charge < -0.3 is 4.57 Å². The van der Waals surface area contributed by atoms with E-state index in [9.17, 15) is 4.39 Å². The number of halogens is 1. The van der Waals surface area contributed by atoms with Gasteiger partial charge in [0.1, 0.15) is 18.0 Å². The van der Waals surface area contributed by atoms with E-state index >= 15 is 0 Å². The van der Waals surface area contributed by atoms with Crippen LogP contribution in [0.5, 0.6) is 0 Å². The molecule has 0 aliphatic carbocycles. The smallest absolute Gasteiger partial charge is 0.147 e. The van der Waals surface area contributed by atoms with Crippen molar-refractivity contribution < 1.29 is 4.39 Å². The Morgan fingerprint density at radius 3 is 3.11 bits per heavy atom. The monoisotopic (exact) mass is 257 g/mol. The zero-order valence-electron chi connectivity index (χ0n) is 10.3. The average Bonchev–Trinajstić information content (AvgIpc) is 2.86. The second kappa shape index (κ2) is 4.78. The van der Waals surface area contributed by atoms with Gasteiger partial charge in [0.15, 0.2) is 0 Å². The molecule has 0 atom stereocenters. The lowest BCUT2D eigenvalue weighted by Crippen LogP contribution is -2.33. The summed E-state index contributed by atoms with van der Waals surface area (Å²) in [5.41, 5.74) is 1.24. The Morgan fingerprint density at radius 1 is 1.37 bits per heavy atom. The van der Waals surface area contributed by atoms with Gasteiger partial charge in [0.2, 0.25) is 0 Å². The Morgan fingerprint density at radius 2 is 2.26 bits per heavy atom. The summed E-state index contributed by atoms with van der Waals surface area (Å²) in [6, 6.07) is 6.37. The molecule has 0 unspecified atom stereocenters. The predicted molar refractivity (Wildman–Crippen MR) is 65.3 cm³/mol. The summed E-state index contributed by atoms with van der Waals surface area (Å²) >= 11 is 0. The lowest BCUT2D eigenvalue weighted by atomic mass is 10.1. The Bertz CT molecular complexity index is 643. The molecule has 1 aromatic carbocycles. The summed E-state index contributed by atoms with van der Waals surface area (Å²) in [5.74, 6) is 0.593. The van der Waals surface area contributed by atoms with E-state index in [0.29, 0.717) is 18.7 Å². The van der Waals surface area contributed by atoms with Gasteiger partial charge in [-0.1, -0.05) is 0 Å². The zero-order chi connectivity index (χ0) is 13.2. The minimum absolute atomic E-state index is 0.311. The van der Waals surface area contributed by atoms with Crippen molar-refractivity contribution in [2.45, 2.75) is 19.6 Å². The normalized spacial score (nSPS) is 14.9. The molecule has 6 heteroatoms. The molecule has 0 spiro atoms. The van der Waals surface area contributed by atoms with Gasteiger partial charge in [-0.05, 0) is 23.8 Å². The maximum Gasteiger partial charge on any atom is 0.147 e. The number of benzene rings is 1. The maximum atomic E-state index is 13.3. The molecule has 96 valence electrons. The fourth-order valence-corrected chi connectivity index (χ4v) is 2.29. The molecule has 2 aromatic rings. The largest absolute Gasteiger partial charge is 0.315 e. The highest BCUT2D eigenvalue weighted by Crippen LogP contribution is 2.17. The van der Waals surface area contributed by atoms with Crippen LogP contribution in [0.15, 0.2) is 24.5 Å². The van der Waals surface area contributed by atoms with Gasteiger partial charge >= 0.3 is 0 Å². The van der Waals surface area contributed by atoms with Crippen molar-refractivity contribution in [3.8, 4) is 6.07 Å². The lowest BCUT2D eigenvalue weighted by Gasteiger charge is -2.27. The summed E-state index contributed by atoms with van der Waals surface area (Å²) in [6.45, 7) is 2.88. The number of fused-ring (bicyclic) bond motifs is 1. The summed E-state index contributed by atoms with van der Waals surface area (Å²) in [4.78, 5) is 2.14. The van der Waals surface area contributed by atoms with Crippen LogP contribution in [-0.2, 0) is 19.6 Å². The molecule has 3 rings (SSSR count). The number of aromatic nitrogens is 3. The third-order valence-electron chi connectivity index (χ3n) is 3.30. The van der Waals surface area contributed by atoms with Gasteiger partial charge in [0.25, 0.3) is 0 Å². The molecular weight excluding hydrogens is 245 g/mol. The van der Waals surface area contributed by atoms with Crippen LogP contribution in [0.3, 0.4) is 0 Å². The van der Waals surface area contributed by atoms with Crippen LogP contribution >= 0.6 is 0 Å². The summed E-state index contributed by atoms with van der Waals surface area (Å²) in [5, 5.41) is 17.0. The number of rotatable bonds is 2. The van der Waals surface area contributed by atoms with Crippen LogP contribution in [0.4, 0.5) is 4.39 Å². The summed E-state index contributed by atoms with van der Waals surface area (Å²) < 4.78 is 15.3. The second-order valence-electron chi connectivity index (χ2n) is 4.56. The van der Waals surface area contributed by atoms with Crippen LogP contribution in [0, 0.1) is 17.1 Å². The van der Waals surface area contributed by atoms with Crippen LogP contribution in [0.2, 0.25) is 0 Å². The van der Waals surface area contributed by atoms with E-state index in [2.05, 4.69) is 21.2 Å². The van der Waals surface area contributed by atoms with Gasteiger partial charge in [-0.15, -0.1) is 10.2 Å². The van der Waals surface area contributed by atoms with Gasteiger partial charge in [-0.25, -0.2) is 4.39 Å². The molecule has 0 amide bonds. The molecule has 2 heterocycles. The van der Waals surface area contributed by atoms with Crippen LogP contribution in [0.25, 0.3) is 0 Å². The van der Waals surface area contributed by atoms with E-state index in [-0.39, 0.29) is 5.82 Å². The van der Waals surface area contributed by atoms with Crippen molar-refractivity contribution in [1.29, 1.82) is 5.26 Å². The molecule has 0 saturated carbocycles. The Labute approximate surface area is 109 Å². The Hall–Kier alpha value is -2.26. The maximum absolute atomic E-state index is 13.3. The van der Waals surface area contributed by atoms with E-state index < -0.39 is 0 Å². The van der Waals surface area contributed by atoms with E-state index in [4.69, 9.17) is 5.26 Å². The quantitative estimate of drug-likeness (QED) is 0.813. The van der Waals surface area contributed by atoms with Gasteiger partial charge in [0.05, 0.1) is 18.2 Å². The van der Waals surface area contributed by atoms with Crippen LogP contribution < -0.4 is 0 Å². The van der Waals surface area contributed by atoms with Gasteiger partial charge in [-0.3, -0.25) is 4.90 Å². The van der Waals surface area contributed by atoms with Crippen molar-refractivity contribution >= 4 is 0 Å². The number of hydrogen-bond acceptors (Lipinski definition) is 4. The number of hydrogen-bond donors (Lipinski definition) is 0. The van der Waals surface area contributed by atoms with E-state index in [0.717, 1.165) is 24.5 Å². The first-order valence-electron chi connectivity index (χ1n) is 6.04. The fourth-order valence-electron chi connectivity index (χ4n) is 2.29. The minimum Gasteiger partial charge on any atom is -0.315 e. The first kappa shape index (κ1) is 11.8. The number of nitriles is 1. The summed E-state index contributed by atoms with van der Waals surface area (Å²) in [7, 11) is 0. The van der Waals surface area contributed by atoms with Crippen molar-refractivity contribution in [2.24, 2.45) is 0 Å². The molecule has 0 N–H and O–H groups in total. The van der Waals surface area contributed by atoms with Crippen LogP contribution in [0.1, 0.15) is 17.0 Å². The molecule has 5 nitrogen and oxygen atoms in total. The fraction of sp³-hybridized carbons (Fsp3) is 0.308. The topological polar surface area (TPSA) is 57.7 Å². The minimum atomic E-state index is -0.311. The van der Waals surface area contributed by atoms with Crippen molar-refractivity contribution in [3.05, 3.63) is 47.3 Å². The molecular formula is C13H12FN5. The first-order valence-corrected chi connectivity index (χ1v) is 6.04. The Kier molecular flexibility index (Phi) is 2.97. The third kappa shape index (κ3) is 2.33. The third-order valence-corrected chi connectivity index (χ3v) is 3.30. The second-order valence-corrected chi connectivity index (χ2v) is 4.56. The highest BCUT2D eigenvalue weighted by molar-refractivity contribution is 5.37. The molecule has 19 heavy (non-hydrogen) atoms. The first-order chi connectivity index (χ1) is 9.26. The average molecular weight is 257 g/mol. The molecule has 0 radical (unpaired) electrons. The zero-order valence-corrected chi connectivity index (χ0v) is 10.3. The van der Waals surface area contributed by atoms with E-state index in [1.165, 1.54) is 18.2 Å². The van der Waals surface area contributed by atoms with Crippen molar-refractivity contribution in [2.75, 3.05) is 6.54 Å². The highest BCUT2D eigenvalue weighted by Gasteiger charge is 2.18. The van der Waals surface area contributed by atoms with E-state index in [1.807, 2.05) is 4.57 Å². The Balaban J connectivity index is 1.80. The SMILES string of the molecule is N#Cc1ccc(F)cc1CN1CCn2cnnc2C1. The van der Waals surface area contributed by atoms with Crippen molar-refractivity contribution in [1.82, 2.24) is 19.7 Å². The molecule has 0 fully saturated rings. The van der Waals surface area contributed by atoms with Crippen LogP contribution in [-0.4, -0.2) is 26.2 Å². The molecule has 0 saturated heterocycles. The lowest BCUT2D eigenvalue weighted by molar-refractivity contribution is 0.208.